The normalized spacial score (nSPS) is 10.9. The number of hydrogen-bond acceptors (Lipinski definition) is 5. The Bertz CT molecular complexity index is 1100. The minimum absolute atomic E-state index is 0.130. The number of carbonyl (C=O) groups is 1. The highest BCUT2D eigenvalue weighted by molar-refractivity contribution is 7.92. The number of nitrogens with zero attached hydrogens (tertiary/aromatic N) is 1. The van der Waals surface area contributed by atoms with E-state index in [1.807, 2.05) is 42.5 Å². The van der Waals surface area contributed by atoms with E-state index < -0.39 is 10.0 Å². The second-order valence-electron chi connectivity index (χ2n) is 6.30. The molecule has 3 aromatic rings. The lowest BCUT2D eigenvalue weighted by Crippen LogP contribution is -2.09. The average Bonchev–Trinajstić information content (AvgIpc) is 2.61. The van der Waals surface area contributed by atoms with Crippen molar-refractivity contribution in [2.75, 3.05) is 21.6 Å². The maximum absolute atomic E-state index is 11.3. The SMILES string of the molecule is CC(=O)Nc1cccc(Nc2cncc(-c3ccc(NS(C)(=O)=O)cc3)c2)c1. The van der Waals surface area contributed by atoms with Crippen molar-refractivity contribution in [2.45, 2.75) is 6.92 Å². The summed E-state index contributed by atoms with van der Waals surface area (Å²) in [6, 6.07) is 16.4. The molecule has 2 aromatic carbocycles. The summed E-state index contributed by atoms with van der Waals surface area (Å²) < 4.78 is 25.0. The van der Waals surface area contributed by atoms with Gasteiger partial charge in [0.2, 0.25) is 15.9 Å². The van der Waals surface area contributed by atoms with Gasteiger partial charge in [0.25, 0.3) is 0 Å². The Kier molecular flexibility index (Phi) is 5.60. The van der Waals surface area contributed by atoms with Crippen LogP contribution in [0.2, 0.25) is 0 Å². The van der Waals surface area contributed by atoms with Gasteiger partial charge < -0.3 is 10.6 Å². The summed E-state index contributed by atoms with van der Waals surface area (Å²) in [5.74, 6) is -0.130. The van der Waals surface area contributed by atoms with Crippen LogP contribution in [0.1, 0.15) is 6.92 Å². The summed E-state index contributed by atoms with van der Waals surface area (Å²) in [6.07, 6.45) is 4.55. The quantitative estimate of drug-likeness (QED) is 0.588. The van der Waals surface area contributed by atoms with Crippen LogP contribution >= 0.6 is 0 Å². The van der Waals surface area contributed by atoms with Crippen LogP contribution in [-0.2, 0) is 14.8 Å². The van der Waals surface area contributed by atoms with Crippen LogP contribution in [0.5, 0.6) is 0 Å². The lowest BCUT2D eigenvalue weighted by atomic mass is 10.1. The predicted molar refractivity (Wildman–Crippen MR) is 112 cm³/mol. The van der Waals surface area contributed by atoms with Crippen molar-refractivity contribution in [2.24, 2.45) is 0 Å². The Morgan fingerprint density at radius 2 is 1.57 bits per heavy atom. The van der Waals surface area contributed by atoms with E-state index in [4.69, 9.17) is 0 Å². The zero-order valence-electron chi connectivity index (χ0n) is 15.4. The molecule has 0 atom stereocenters. The van der Waals surface area contributed by atoms with Gasteiger partial charge in [-0.1, -0.05) is 18.2 Å². The van der Waals surface area contributed by atoms with E-state index >= 15 is 0 Å². The number of aromatic nitrogens is 1. The van der Waals surface area contributed by atoms with Crippen LogP contribution in [0, 0.1) is 0 Å². The van der Waals surface area contributed by atoms with Crippen LogP contribution in [-0.4, -0.2) is 25.6 Å². The first-order valence-electron chi connectivity index (χ1n) is 8.46. The van der Waals surface area contributed by atoms with Gasteiger partial charge in [0.05, 0.1) is 18.1 Å². The number of rotatable bonds is 6. The molecule has 0 saturated carbocycles. The maximum atomic E-state index is 11.3. The number of sulfonamides is 1. The molecule has 0 fully saturated rings. The smallest absolute Gasteiger partial charge is 0.229 e. The topological polar surface area (TPSA) is 100 Å². The molecule has 1 aromatic heterocycles. The predicted octanol–water partition coefficient (Wildman–Crippen LogP) is 3.82. The molecule has 0 aliphatic rings. The van der Waals surface area contributed by atoms with Crippen molar-refractivity contribution in [3.8, 4) is 11.1 Å². The molecular formula is C20H20N4O3S. The van der Waals surface area contributed by atoms with E-state index in [9.17, 15) is 13.2 Å². The van der Waals surface area contributed by atoms with Gasteiger partial charge in [-0.2, -0.15) is 0 Å². The fourth-order valence-corrected chi connectivity index (χ4v) is 3.22. The summed E-state index contributed by atoms with van der Waals surface area (Å²) in [7, 11) is -3.31. The molecule has 8 heteroatoms. The molecule has 1 heterocycles. The van der Waals surface area contributed by atoms with E-state index in [1.54, 1.807) is 24.5 Å². The molecule has 7 nitrogen and oxygen atoms in total. The Morgan fingerprint density at radius 1 is 0.857 bits per heavy atom. The molecular weight excluding hydrogens is 376 g/mol. The van der Waals surface area contributed by atoms with Crippen molar-refractivity contribution >= 4 is 38.7 Å². The van der Waals surface area contributed by atoms with Gasteiger partial charge in [0, 0.05) is 35.7 Å². The number of amides is 1. The summed E-state index contributed by atoms with van der Waals surface area (Å²) in [5.41, 5.74) is 4.60. The van der Waals surface area contributed by atoms with Gasteiger partial charge in [-0.25, -0.2) is 8.42 Å². The number of anilines is 4. The van der Waals surface area contributed by atoms with Gasteiger partial charge in [-0.15, -0.1) is 0 Å². The van der Waals surface area contributed by atoms with Gasteiger partial charge in [-0.05, 0) is 42.0 Å². The van der Waals surface area contributed by atoms with Gasteiger partial charge >= 0.3 is 0 Å². The zero-order valence-corrected chi connectivity index (χ0v) is 16.2. The van der Waals surface area contributed by atoms with Gasteiger partial charge in [-0.3, -0.25) is 14.5 Å². The Labute approximate surface area is 163 Å². The number of hydrogen-bond donors (Lipinski definition) is 3. The Hall–Kier alpha value is -3.39. The lowest BCUT2D eigenvalue weighted by molar-refractivity contribution is -0.114. The van der Waals surface area contributed by atoms with Crippen LogP contribution in [0.4, 0.5) is 22.7 Å². The van der Waals surface area contributed by atoms with Crippen molar-refractivity contribution in [3.05, 3.63) is 67.0 Å². The van der Waals surface area contributed by atoms with Crippen molar-refractivity contribution < 1.29 is 13.2 Å². The summed E-state index contributed by atoms with van der Waals surface area (Å²) in [4.78, 5) is 15.5. The molecule has 0 aliphatic carbocycles. The second kappa shape index (κ2) is 8.10. The minimum Gasteiger partial charge on any atom is -0.354 e. The van der Waals surface area contributed by atoms with Crippen molar-refractivity contribution in [1.82, 2.24) is 4.98 Å². The standard InChI is InChI=1S/C20H20N4O3S/c1-14(25)22-18-4-3-5-19(11-18)23-20-10-16(12-21-13-20)15-6-8-17(9-7-15)24-28(2,26)27/h3-13,23-24H,1-2H3,(H,22,25). The first-order valence-corrected chi connectivity index (χ1v) is 10.4. The molecule has 3 rings (SSSR count). The third kappa shape index (κ3) is 5.55. The molecule has 144 valence electrons. The second-order valence-corrected chi connectivity index (χ2v) is 8.05. The fourth-order valence-electron chi connectivity index (χ4n) is 2.66. The van der Waals surface area contributed by atoms with E-state index in [1.165, 1.54) is 6.92 Å². The van der Waals surface area contributed by atoms with Crippen LogP contribution in [0.3, 0.4) is 0 Å². The highest BCUT2D eigenvalue weighted by Crippen LogP contribution is 2.26. The summed E-state index contributed by atoms with van der Waals surface area (Å²) in [6.45, 7) is 1.46. The third-order valence-corrected chi connectivity index (χ3v) is 4.34. The molecule has 0 radical (unpaired) electrons. The van der Waals surface area contributed by atoms with E-state index in [0.29, 0.717) is 11.4 Å². The van der Waals surface area contributed by atoms with Crippen molar-refractivity contribution in [3.63, 3.8) is 0 Å². The van der Waals surface area contributed by atoms with Crippen LogP contribution in [0.25, 0.3) is 11.1 Å². The monoisotopic (exact) mass is 396 g/mol. The van der Waals surface area contributed by atoms with E-state index in [2.05, 4.69) is 20.3 Å². The number of carbonyl (C=O) groups excluding carboxylic acids is 1. The number of nitrogens with one attached hydrogen (secondary N) is 3. The molecule has 3 N–H and O–H groups in total. The lowest BCUT2D eigenvalue weighted by Gasteiger charge is -2.10. The first-order chi connectivity index (χ1) is 13.3. The third-order valence-electron chi connectivity index (χ3n) is 3.73. The first kappa shape index (κ1) is 19.4. The molecule has 0 aliphatic heterocycles. The maximum Gasteiger partial charge on any atom is 0.229 e. The molecule has 28 heavy (non-hydrogen) atoms. The molecule has 0 saturated heterocycles. The number of benzene rings is 2. The highest BCUT2D eigenvalue weighted by atomic mass is 32.2. The molecule has 0 spiro atoms. The Morgan fingerprint density at radius 3 is 2.25 bits per heavy atom. The fraction of sp³-hybridized carbons (Fsp3) is 0.100. The van der Waals surface area contributed by atoms with Gasteiger partial charge in [0.15, 0.2) is 0 Å². The summed E-state index contributed by atoms with van der Waals surface area (Å²) >= 11 is 0. The zero-order chi connectivity index (χ0) is 20.1. The largest absolute Gasteiger partial charge is 0.354 e. The van der Waals surface area contributed by atoms with Crippen LogP contribution in [0.15, 0.2) is 67.0 Å². The summed E-state index contributed by atoms with van der Waals surface area (Å²) in [5, 5.41) is 6.01. The molecule has 0 bridgehead atoms. The average molecular weight is 396 g/mol. The van der Waals surface area contributed by atoms with E-state index in [-0.39, 0.29) is 5.91 Å². The van der Waals surface area contributed by atoms with Crippen LogP contribution < -0.4 is 15.4 Å². The van der Waals surface area contributed by atoms with Crippen molar-refractivity contribution in [1.29, 1.82) is 0 Å². The van der Waals surface area contributed by atoms with E-state index in [0.717, 1.165) is 28.8 Å². The highest BCUT2D eigenvalue weighted by Gasteiger charge is 2.05. The van der Waals surface area contributed by atoms with Gasteiger partial charge in [0.1, 0.15) is 0 Å². The Balaban J connectivity index is 1.78. The number of pyridine rings is 1. The molecule has 1 amide bonds. The minimum atomic E-state index is -3.31. The molecule has 0 unspecified atom stereocenters.